The van der Waals surface area contributed by atoms with Crippen molar-refractivity contribution in [3.63, 3.8) is 0 Å². The van der Waals surface area contributed by atoms with Gasteiger partial charge < -0.3 is 14.5 Å². The van der Waals surface area contributed by atoms with Gasteiger partial charge in [0.2, 0.25) is 27.5 Å². The average molecular weight is 453 g/mol. The fraction of sp³-hybridized carbons (Fsp3) is 0.304. The molecule has 2 aromatic carbocycles. The van der Waals surface area contributed by atoms with E-state index in [4.69, 9.17) is 9.15 Å². The van der Waals surface area contributed by atoms with Crippen molar-refractivity contribution in [2.75, 3.05) is 32.1 Å². The SMILES string of the molecule is COc1ccc(CCNc2oc(-c3ccc(S(=O)(=O)N4CCCC4)cc3)nc2C#N)cc1. The Kier molecular flexibility index (Phi) is 6.44. The van der Waals surface area contributed by atoms with Crippen LogP contribution in [0.3, 0.4) is 0 Å². The predicted molar refractivity (Wildman–Crippen MR) is 120 cm³/mol. The summed E-state index contributed by atoms with van der Waals surface area (Å²) in [5.41, 5.74) is 1.87. The van der Waals surface area contributed by atoms with Gasteiger partial charge in [0.15, 0.2) is 0 Å². The molecule has 166 valence electrons. The van der Waals surface area contributed by atoms with Gasteiger partial charge in [0.05, 0.1) is 12.0 Å². The van der Waals surface area contributed by atoms with E-state index in [-0.39, 0.29) is 16.5 Å². The fourth-order valence-corrected chi connectivity index (χ4v) is 5.12. The molecule has 9 heteroatoms. The number of benzene rings is 2. The van der Waals surface area contributed by atoms with Gasteiger partial charge in [-0.1, -0.05) is 12.1 Å². The number of hydrogen-bond donors (Lipinski definition) is 1. The molecule has 1 aliphatic heterocycles. The van der Waals surface area contributed by atoms with Crippen molar-refractivity contribution < 1.29 is 17.6 Å². The lowest BCUT2D eigenvalue weighted by Crippen LogP contribution is -2.27. The molecule has 4 rings (SSSR count). The number of oxazole rings is 1. The molecule has 0 unspecified atom stereocenters. The van der Waals surface area contributed by atoms with Crippen LogP contribution >= 0.6 is 0 Å². The van der Waals surface area contributed by atoms with Crippen LogP contribution in [0.1, 0.15) is 24.1 Å². The molecule has 0 aliphatic carbocycles. The zero-order valence-corrected chi connectivity index (χ0v) is 18.6. The van der Waals surface area contributed by atoms with E-state index in [9.17, 15) is 13.7 Å². The first-order chi connectivity index (χ1) is 15.5. The Morgan fingerprint density at radius 3 is 2.44 bits per heavy atom. The summed E-state index contributed by atoms with van der Waals surface area (Å²) in [4.78, 5) is 4.49. The van der Waals surface area contributed by atoms with E-state index in [2.05, 4.69) is 10.3 Å². The summed E-state index contributed by atoms with van der Waals surface area (Å²) in [5, 5.41) is 12.5. The molecule has 0 saturated carbocycles. The van der Waals surface area contributed by atoms with Crippen LogP contribution in [0, 0.1) is 11.3 Å². The number of rotatable bonds is 8. The number of sulfonamides is 1. The van der Waals surface area contributed by atoms with Crippen LogP contribution in [0.5, 0.6) is 5.75 Å². The summed E-state index contributed by atoms with van der Waals surface area (Å²) >= 11 is 0. The first-order valence-corrected chi connectivity index (χ1v) is 11.8. The Morgan fingerprint density at radius 1 is 1.12 bits per heavy atom. The summed E-state index contributed by atoms with van der Waals surface area (Å²) in [7, 11) is -1.85. The van der Waals surface area contributed by atoms with Gasteiger partial charge in [-0.05, 0) is 61.2 Å². The van der Waals surface area contributed by atoms with Crippen molar-refractivity contribution in [1.29, 1.82) is 5.26 Å². The molecule has 0 amide bonds. The van der Waals surface area contributed by atoms with Gasteiger partial charge in [0, 0.05) is 25.2 Å². The van der Waals surface area contributed by atoms with E-state index in [1.165, 1.54) is 4.31 Å². The van der Waals surface area contributed by atoms with E-state index in [1.54, 1.807) is 31.4 Å². The van der Waals surface area contributed by atoms with Crippen LogP contribution in [0.4, 0.5) is 5.88 Å². The molecule has 1 saturated heterocycles. The van der Waals surface area contributed by atoms with Gasteiger partial charge in [0.25, 0.3) is 0 Å². The molecular formula is C23H24N4O4S. The number of nitrogens with one attached hydrogen (secondary N) is 1. The maximum absolute atomic E-state index is 12.7. The van der Waals surface area contributed by atoms with E-state index in [0.717, 1.165) is 30.6 Å². The van der Waals surface area contributed by atoms with Crippen LogP contribution in [0.2, 0.25) is 0 Å². The van der Waals surface area contributed by atoms with E-state index >= 15 is 0 Å². The van der Waals surface area contributed by atoms with Gasteiger partial charge in [-0.15, -0.1) is 0 Å². The minimum Gasteiger partial charge on any atom is -0.497 e. The molecule has 3 aromatic rings. The molecule has 2 heterocycles. The number of methoxy groups -OCH3 is 1. The maximum atomic E-state index is 12.7. The van der Waals surface area contributed by atoms with Crippen LogP contribution in [0.15, 0.2) is 57.8 Å². The highest BCUT2D eigenvalue weighted by Gasteiger charge is 2.27. The number of nitriles is 1. The predicted octanol–water partition coefficient (Wildman–Crippen LogP) is 3.66. The molecule has 1 fully saturated rings. The van der Waals surface area contributed by atoms with Crippen LogP contribution in [-0.2, 0) is 16.4 Å². The van der Waals surface area contributed by atoms with E-state index < -0.39 is 10.0 Å². The minimum atomic E-state index is -3.48. The highest BCUT2D eigenvalue weighted by atomic mass is 32.2. The zero-order valence-electron chi connectivity index (χ0n) is 17.7. The third-order valence-electron chi connectivity index (χ3n) is 5.40. The first-order valence-electron chi connectivity index (χ1n) is 10.4. The number of hydrogen-bond acceptors (Lipinski definition) is 7. The Hall–Kier alpha value is -3.35. The van der Waals surface area contributed by atoms with Crippen molar-refractivity contribution in [3.8, 4) is 23.3 Å². The Bertz CT molecular complexity index is 1210. The van der Waals surface area contributed by atoms with Gasteiger partial charge in [-0.25, -0.2) is 8.42 Å². The molecule has 32 heavy (non-hydrogen) atoms. The average Bonchev–Trinajstić information content (AvgIpc) is 3.50. The fourth-order valence-electron chi connectivity index (χ4n) is 3.60. The summed E-state index contributed by atoms with van der Waals surface area (Å²) in [6.45, 7) is 1.67. The second-order valence-electron chi connectivity index (χ2n) is 7.47. The number of nitrogens with zero attached hydrogens (tertiary/aromatic N) is 3. The number of ether oxygens (including phenoxy) is 1. The summed E-state index contributed by atoms with van der Waals surface area (Å²) in [6.07, 6.45) is 2.51. The van der Waals surface area contributed by atoms with Crippen molar-refractivity contribution in [2.45, 2.75) is 24.2 Å². The largest absolute Gasteiger partial charge is 0.497 e. The molecule has 0 radical (unpaired) electrons. The van der Waals surface area contributed by atoms with Crippen molar-refractivity contribution in [2.24, 2.45) is 0 Å². The van der Waals surface area contributed by atoms with Gasteiger partial charge in [-0.2, -0.15) is 14.6 Å². The minimum absolute atomic E-state index is 0.156. The smallest absolute Gasteiger partial charge is 0.243 e. The van der Waals surface area contributed by atoms with Crippen LogP contribution in [-0.4, -0.2) is 44.5 Å². The molecule has 8 nitrogen and oxygen atoms in total. The molecular weight excluding hydrogens is 428 g/mol. The second-order valence-corrected chi connectivity index (χ2v) is 9.41. The Balaban J connectivity index is 1.44. The summed E-state index contributed by atoms with van der Waals surface area (Å²) in [6, 6.07) is 16.2. The van der Waals surface area contributed by atoms with Crippen molar-refractivity contribution in [3.05, 3.63) is 59.8 Å². The topological polar surface area (TPSA) is 108 Å². The van der Waals surface area contributed by atoms with Gasteiger partial charge in [0.1, 0.15) is 11.8 Å². The zero-order chi connectivity index (χ0) is 22.6. The third kappa shape index (κ3) is 4.61. The van der Waals surface area contributed by atoms with Crippen LogP contribution in [0.25, 0.3) is 11.5 Å². The lowest BCUT2D eigenvalue weighted by molar-refractivity contribution is 0.414. The Morgan fingerprint density at radius 2 is 1.81 bits per heavy atom. The first kappa shape index (κ1) is 21.9. The van der Waals surface area contributed by atoms with Crippen LogP contribution < -0.4 is 10.1 Å². The van der Waals surface area contributed by atoms with Crippen molar-refractivity contribution in [1.82, 2.24) is 9.29 Å². The van der Waals surface area contributed by atoms with E-state index in [1.807, 2.05) is 30.3 Å². The molecule has 0 atom stereocenters. The monoisotopic (exact) mass is 452 g/mol. The molecule has 1 aliphatic rings. The standard InChI is InChI=1S/C23H24N4O4S/c1-30-19-8-4-17(5-9-19)12-13-25-23-21(16-24)26-22(31-23)18-6-10-20(11-7-18)32(28,29)27-14-2-3-15-27/h4-11,25H,2-3,12-15H2,1H3. The molecule has 0 bridgehead atoms. The Labute approximate surface area is 187 Å². The number of anilines is 1. The highest BCUT2D eigenvalue weighted by Crippen LogP contribution is 2.28. The summed E-state index contributed by atoms with van der Waals surface area (Å²) < 4.78 is 37.8. The third-order valence-corrected chi connectivity index (χ3v) is 7.31. The lowest BCUT2D eigenvalue weighted by atomic mass is 10.1. The second kappa shape index (κ2) is 9.42. The lowest BCUT2D eigenvalue weighted by Gasteiger charge is -2.15. The van der Waals surface area contributed by atoms with Crippen molar-refractivity contribution >= 4 is 15.9 Å². The molecule has 0 spiro atoms. The quantitative estimate of drug-likeness (QED) is 0.555. The maximum Gasteiger partial charge on any atom is 0.243 e. The summed E-state index contributed by atoms with van der Waals surface area (Å²) in [5.74, 6) is 1.36. The number of aromatic nitrogens is 1. The highest BCUT2D eigenvalue weighted by molar-refractivity contribution is 7.89. The van der Waals surface area contributed by atoms with Gasteiger partial charge in [-0.3, -0.25) is 0 Å². The van der Waals surface area contributed by atoms with Gasteiger partial charge >= 0.3 is 0 Å². The molecule has 1 aromatic heterocycles. The van der Waals surface area contributed by atoms with E-state index in [0.29, 0.717) is 31.1 Å². The molecule has 1 N–H and O–H groups in total. The normalized spacial score (nSPS) is 14.2.